The first kappa shape index (κ1) is 21.3. The van der Waals surface area contributed by atoms with Crippen molar-refractivity contribution in [2.45, 2.75) is 13.5 Å². The summed E-state index contributed by atoms with van der Waals surface area (Å²) in [5.41, 5.74) is 1.88. The Morgan fingerprint density at radius 2 is 1.83 bits per heavy atom. The molecular weight excluding hydrogens is 388 g/mol. The maximum atomic E-state index is 12.4. The van der Waals surface area contributed by atoms with Crippen molar-refractivity contribution in [2.24, 2.45) is 0 Å². The molecule has 0 unspecified atom stereocenters. The summed E-state index contributed by atoms with van der Waals surface area (Å²) in [7, 11) is 0. The van der Waals surface area contributed by atoms with Gasteiger partial charge in [0, 0.05) is 29.3 Å². The van der Waals surface area contributed by atoms with Gasteiger partial charge in [-0.15, -0.1) is 11.3 Å². The quantitative estimate of drug-likeness (QED) is 0.655. The number of nitrogens with zero attached hydrogens (tertiary/aromatic N) is 2. The van der Waals surface area contributed by atoms with Crippen LogP contribution in [0.25, 0.3) is 0 Å². The molecule has 2 aromatic rings. The molecule has 0 saturated carbocycles. The average Bonchev–Trinajstić information content (AvgIpc) is 3.26. The Balaban J connectivity index is 1.43. The number of ether oxygens (including phenoxy) is 1. The van der Waals surface area contributed by atoms with Crippen molar-refractivity contribution in [3.05, 3.63) is 46.7 Å². The number of nitrogens with one attached hydrogen (secondary N) is 2. The van der Waals surface area contributed by atoms with Gasteiger partial charge in [-0.2, -0.15) is 0 Å². The van der Waals surface area contributed by atoms with E-state index < -0.39 is 0 Å². The number of benzene rings is 1. The number of thiophene rings is 1. The molecule has 0 spiro atoms. The Hall–Kier alpha value is -2.42. The van der Waals surface area contributed by atoms with Crippen LogP contribution in [0.15, 0.2) is 41.8 Å². The Labute approximate surface area is 175 Å². The van der Waals surface area contributed by atoms with Crippen LogP contribution in [0.2, 0.25) is 0 Å². The summed E-state index contributed by atoms with van der Waals surface area (Å²) in [4.78, 5) is 29.7. The van der Waals surface area contributed by atoms with E-state index in [1.54, 1.807) is 11.3 Å². The van der Waals surface area contributed by atoms with Crippen LogP contribution in [0.1, 0.15) is 11.8 Å². The number of anilines is 2. The van der Waals surface area contributed by atoms with E-state index in [-0.39, 0.29) is 24.9 Å². The second-order valence-corrected chi connectivity index (χ2v) is 7.89. The Morgan fingerprint density at radius 1 is 1.10 bits per heavy atom. The molecule has 1 aliphatic rings. The smallest absolute Gasteiger partial charge is 0.238 e. The van der Waals surface area contributed by atoms with Gasteiger partial charge >= 0.3 is 0 Å². The van der Waals surface area contributed by atoms with Gasteiger partial charge < -0.3 is 20.3 Å². The highest BCUT2D eigenvalue weighted by Gasteiger charge is 2.14. The van der Waals surface area contributed by atoms with Gasteiger partial charge in [-0.25, -0.2) is 0 Å². The van der Waals surface area contributed by atoms with Crippen LogP contribution in [0, 0.1) is 0 Å². The fraction of sp³-hybridized carbons (Fsp3) is 0.429. The van der Waals surface area contributed by atoms with E-state index in [2.05, 4.69) is 15.5 Å². The van der Waals surface area contributed by atoms with Crippen molar-refractivity contribution in [3.8, 4) is 0 Å². The highest BCUT2D eigenvalue weighted by Crippen LogP contribution is 2.19. The largest absolute Gasteiger partial charge is 0.378 e. The van der Waals surface area contributed by atoms with Gasteiger partial charge in [-0.1, -0.05) is 13.0 Å². The van der Waals surface area contributed by atoms with Crippen molar-refractivity contribution in [3.63, 3.8) is 0 Å². The Kier molecular flexibility index (Phi) is 8.03. The van der Waals surface area contributed by atoms with Crippen LogP contribution in [-0.2, 0) is 20.9 Å². The molecule has 2 heterocycles. The standard InChI is InChI=1S/C21H28N4O3S/c1-2-24(15-20(26)22-14-19-4-3-13-29-19)16-21(27)23-17-5-7-18(8-6-17)25-9-11-28-12-10-25/h3-8,13H,2,9-12,14-16H2,1H3,(H,22,26)(H,23,27). The third-order valence-electron chi connectivity index (χ3n) is 4.75. The molecule has 0 atom stereocenters. The monoisotopic (exact) mass is 416 g/mol. The molecule has 0 aliphatic carbocycles. The summed E-state index contributed by atoms with van der Waals surface area (Å²) in [6, 6.07) is 11.8. The van der Waals surface area contributed by atoms with Gasteiger partial charge in [0.25, 0.3) is 0 Å². The lowest BCUT2D eigenvalue weighted by Crippen LogP contribution is -2.40. The predicted octanol–water partition coefficient (Wildman–Crippen LogP) is 2.16. The molecule has 0 radical (unpaired) electrons. The summed E-state index contributed by atoms with van der Waals surface area (Å²) in [6.45, 7) is 6.71. The molecule has 29 heavy (non-hydrogen) atoms. The molecule has 1 fully saturated rings. The van der Waals surface area contributed by atoms with Crippen LogP contribution < -0.4 is 15.5 Å². The molecule has 1 aromatic heterocycles. The number of likely N-dealkylation sites (N-methyl/N-ethyl adjacent to an activating group) is 1. The maximum absolute atomic E-state index is 12.4. The van der Waals surface area contributed by atoms with Gasteiger partial charge in [0.05, 0.1) is 32.8 Å². The van der Waals surface area contributed by atoms with Crippen molar-refractivity contribution >= 4 is 34.5 Å². The zero-order valence-electron chi connectivity index (χ0n) is 16.7. The third kappa shape index (κ3) is 6.85. The number of carbonyl (C=O) groups is 2. The second-order valence-electron chi connectivity index (χ2n) is 6.85. The topological polar surface area (TPSA) is 73.9 Å². The fourth-order valence-electron chi connectivity index (χ4n) is 3.12. The summed E-state index contributed by atoms with van der Waals surface area (Å²) < 4.78 is 5.38. The van der Waals surface area contributed by atoms with Crippen LogP contribution in [-0.4, -0.2) is 62.7 Å². The van der Waals surface area contributed by atoms with Crippen LogP contribution >= 0.6 is 11.3 Å². The number of hydrogen-bond donors (Lipinski definition) is 2. The van der Waals surface area contributed by atoms with E-state index in [0.717, 1.165) is 42.6 Å². The minimum absolute atomic E-state index is 0.0806. The highest BCUT2D eigenvalue weighted by atomic mass is 32.1. The molecule has 1 aliphatic heterocycles. The molecule has 2 N–H and O–H groups in total. The van der Waals surface area contributed by atoms with Crippen molar-refractivity contribution in [1.82, 2.24) is 10.2 Å². The molecule has 7 nitrogen and oxygen atoms in total. The lowest BCUT2D eigenvalue weighted by Gasteiger charge is -2.29. The van der Waals surface area contributed by atoms with Crippen molar-refractivity contribution in [1.29, 1.82) is 0 Å². The van der Waals surface area contributed by atoms with Gasteiger partial charge in [0.15, 0.2) is 0 Å². The fourth-order valence-corrected chi connectivity index (χ4v) is 3.76. The average molecular weight is 417 g/mol. The Bertz CT molecular complexity index is 774. The van der Waals surface area contributed by atoms with E-state index in [0.29, 0.717) is 13.1 Å². The molecule has 1 saturated heterocycles. The zero-order chi connectivity index (χ0) is 20.5. The molecular formula is C21H28N4O3S. The molecule has 156 valence electrons. The third-order valence-corrected chi connectivity index (χ3v) is 5.63. The SMILES string of the molecule is CCN(CC(=O)NCc1cccs1)CC(=O)Nc1ccc(N2CCOCC2)cc1. The van der Waals surface area contributed by atoms with E-state index in [9.17, 15) is 9.59 Å². The minimum Gasteiger partial charge on any atom is -0.378 e. The Morgan fingerprint density at radius 3 is 2.48 bits per heavy atom. The minimum atomic E-state index is -0.128. The van der Waals surface area contributed by atoms with Gasteiger partial charge in [-0.3, -0.25) is 14.5 Å². The number of hydrogen-bond acceptors (Lipinski definition) is 6. The van der Waals surface area contributed by atoms with Crippen molar-refractivity contribution < 1.29 is 14.3 Å². The zero-order valence-corrected chi connectivity index (χ0v) is 17.5. The van der Waals surface area contributed by atoms with Crippen LogP contribution in [0.5, 0.6) is 0 Å². The number of carbonyl (C=O) groups excluding carboxylic acids is 2. The van der Waals surface area contributed by atoms with E-state index in [1.165, 1.54) is 0 Å². The highest BCUT2D eigenvalue weighted by molar-refractivity contribution is 7.09. The summed E-state index contributed by atoms with van der Waals surface area (Å²) in [5.74, 6) is -0.208. The van der Waals surface area contributed by atoms with Gasteiger partial charge in [0.2, 0.25) is 11.8 Å². The lowest BCUT2D eigenvalue weighted by atomic mass is 10.2. The summed E-state index contributed by atoms with van der Waals surface area (Å²) in [5, 5.41) is 7.79. The first-order chi connectivity index (χ1) is 14.1. The molecule has 0 bridgehead atoms. The number of amides is 2. The summed E-state index contributed by atoms with van der Waals surface area (Å²) >= 11 is 1.61. The molecule has 8 heteroatoms. The lowest BCUT2D eigenvalue weighted by molar-refractivity contribution is -0.123. The predicted molar refractivity (Wildman–Crippen MR) is 116 cm³/mol. The van der Waals surface area contributed by atoms with Gasteiger partial charge in [-0.05, 0) is 42.3 Å². The van der Waals surface area contributed by atoms with Crippen LogP contribution in [0.3, 0.4) is 0 Å². The van der Waals surface area contributed by atoms with Gasteiger partial charge in [0.1, 0.15) is 0 Å². The molecule has 2 amide bonds. The number of morpholine rings is 1. The maximum Gasteiger partial charge on any atom is 0.238 e. The normalized spacial score (nSPS) is 14.1. The molecule has 1 aromatic carbocycles. The number of rotatable bonds is 9. The van der Waals surface area contributed by atoms with E-state index >= 15 is 0 Å². The van der Waals surface area contributed by atoms with Crippen molar-refractivity contribution in [2.75, 3.05) is 56.2 Å². The second kappa shape index (κ2) is 10.9. The van der Waals surface area contributed by atoms with Crippen LogP contribution in [0.4, 0.5) is 11.4 Å². The molecule has 3 rings (SSSR count). The van der Waals surface area contributed by atoms with E-state index in [4.69, 9.17) is 4.74 Å². The van der Waals surface area contributed by atoms with E-state index in [1.807, 2.05) is 53.6 Å². The summed E-state index contributed by atoms with van der Waals surface area (Å²) in [6.07, 6.45) is 0. The first-order valence-electron chi connectivity index (χ1n) is 9.88. The first-order valence-corrected chi connectivity index (χ1v) is 10.8.